The number of ketones is 1. The Hall–Kier alpha value is -0.860. The molecule has 0 saturated heterocycles. The average molecular weight is 416 g/mol. The second-order valence-corrected chi connectivity index (χ2v) is 12.5. The van der Waals surface area contributed by atoms with Gasteiger partial charge in [-0.25, -0.2) is 0 Å². The van der Waals surface area contributed by atoms with Crippen LogP contribution >= 0.6 is 0 Å². The Kier molecular flexibility index (Phi) is 6.14. The second-order valence-electron chi connectivity index (χ2n) is 12.5. The van der Waals surface area contributed by atoms with Crippen molar-refractivity contribution in [3.63, 3.8) is 0 Å². The van der Waals surface area contributed by atoms with Crippen LogP contribution in [0.15, 0.2) is 5.16 Å². The Labute approximate surface area is 184 Å². The van der Waals surface area contributed by atoms with Crippen molar-refractivity contribution in [3.05, 3.63) is 0 Å². The van der Waals surface area contributed by atoms with Gasteiger partial charge in [-0.2, -0.15) is 0 Å². The molecule has 0 aromatic heterocycles. The Balaban J connectivity index is 1.50. The molecule has 0 bridgehead atoms. The highest BCUT2D eigenvalue weighted by atomic mass is 16.4. The summed E-state index contributed by atoms with van der Waals surface area (Å²) < 4.78 is 0. The number of rotatable bonds is 5. The smallest absolute Gasteiger partial charge is 0.180 e. The quantitative estimate of drug-likeness (QED) is 0.384. The van der Waals surface area contributed by atoms with Gasteiger partial charge in [0.1, 0.15) is 5.71 Å². The van der Waals surface area contributed by atoms with Crippen molar-refractivity contribution in [3.8, 4) is 0 Å². The molecule has 0 amide bonds. The Bertz CT molecular complexity index is 684. The fourth-order valence-electron chi connectivity index (χ4n) is 9.06. The van der Waals surface area contributed by atoms with Gasteiger partial charge in [0.25, 0.3) is 0 Å². The molecule has 4 aliphatic rings. The third-order valence-corrected chi connectivity index (χ3v) is 10.7. The van der Waals surface area contributed by atoms with Crippen molar-refractivity contribution in [2.75, 3.05) is 0 Å². The van der Waals surface area contributed by atoms with Crippen LogP contribution in [0.5, 0.6) is 0 Å². The van der Waals surface area contributed by atoms with Crippen molar-refractivity contribution < 1.29 is 10.0 Å². The number of carbonyl (C=O) groups excluding carboxylic acids is 1. The van der Waals surface area contributed by atoms with Crippen LogP contribution in [0.1, 0.15) is 105 Å². The van der Waals surface area contributed by atoms with E-state index in [4.69, 9.17) is 0 Å². The number of hydrogen-bond acceptors (Lipinski definition) is 3. The average Bonchev–Trinajstić information content (AvgIpc) is 3.05. The summed E-state index contributed by atoms with van der Waals surface area (Å²) in [7, 11) is 0. The first kappa shape index (κ1) is 22.3. The molecule has 3 heteroatoms. The van der Waals surface area contributed by atoms with Crippen molar-refractivity contribution in [1.29, 1.82) is 0 Å². The van der Waals surface area contributed by atoms with E-state index in [0.717, 1.165) is 29.6 Å². The van der Waals surface area contributed by atoms with Crippen molar-refractivity contribution >= 4 is 11.5 Å². The number of fused-ring (bicyclic) bond motifs is 5. The van der Waals surface area contributed by atoms with Crippen LogP contribution in [0.3, 0.4) is 0 Å². The first-order valence-corrected chi connectivity index (χ1v) is 12.9. The molecule has 4 saturated carbocycles. The highest BCUT2D eigenvalue weighted by Gasteiger charge is 2.61. The van der Waals surface area contributed by atoms with Crippen LogP contribution in [-0.2, 0) is 4.79 Å². The van der Waals surface area contributed by atoms with Gasteiger partial charge in [0, 0.05) is 12.8 Å². The van der Waals surface area contributed by atoms with Gasteiger partial charge in [-0.1, -0.05) is 59.0 Å². The van der Waals surface area contributed by atoms with Crippen molar-refractivity contribution in [1.82, 2.24) is 0 Å². The zero-order chi connectivity index (χ0) is 21.7. The minimum absolute atomic E-state index is 0.0928. The van der Waals surface area contributed by atoms with Crippen LogP contribution in [0, 0.1) is 52.3 Å². The molecule has 4 fully saturated rings. The summed E-state index contributed by atoms with van der Waals surface area (Å²) in [6, 6.07) is 0. The first-order chi connectivity index (χ1) is 14.2. The number of Topliss-reactive ketones (excluding diaryl/α,β-unsaturated/α-hetero) is 1. The van der Waals surface area contributed by atoms with E-state index in [1.807, 2.05) is 0 Å². The second kappa shape index (κ2) is 8.24. The number of carbonyl (C=O) groups is 1. The zero-order valence-electron chi connectivity index (χ0n) is 20.1. The molecule has 0 heterocycles. The van der Waals surface area contributed by atoms with E-state index in [1.165, 1.54) is 57.8 Å². The van der Waals surface area contributed by atoms with Gasteiger partial charge < -0.3 is 5.21 Å². The Morgan fingerprint density at radius 3 is 2.43 bits per heavy atom. The monoisotopic (exact) mass is 415 g/mol. The molecular formula is C27H45NO2. The molecule has 170 valence electrons. The van der Waals surface area contributed by atoms with Gasteiger partial charge in [-0.3, -0.25) is 4.79 Å². The summed E-state index contributed by atoms with van der Waals surface area (Å²) in [6.45, 7) is 12.3. The van der Waals surface area contributed by atoms with Gasteiger partial charge in [0.15, 0.2) is 5.78 Å². The molecule has 0 spiro atoms. The van der Waals surface area contributed by atoms with Crippen LogP contribution in [0.25, 0.3) is 0 Å². The number of nitrogens with zero attached hydrogens (tertiary/aromatic N) is 1. The summed E-state index contributed by atoms with van der Waals surface area (Å²) in [4.78, 5) is 12.4. The highest BCUT2D eigenvalue weighted by Crippen LogP contribution is 2.68. The normalized spacial score (nSPS) is 45.9. The van der Waals surface area contributed by atoms with Crippen LogP contribution in [-0.4, -0.2) is 16.7 Å². The Morgan fingerprint density at radius 1 is 1.00 bits per heavy atom. The molecule has 0 unspecified atom stereocenters. The predicted octanol–water partition coefficient (Wildman–Crippen LogP) is 7.12. The maximum absolute atomic E-state index is 12.4. The maximum atomic E-state index is 12.4. The van der Waals surface area contributed by atoms with E-state index in [-0.39, 0.29) is 11.2 Å². The molecular weight excluding hydrogens is 370 g/mol. The van der Waals surface area contributed by atoms with Gasteiger partial charge in [-0.05, 0) is 90.8 Å². The zero-order valence-corrected chi connectivity index (χ0v) is 20.1. The van der Waals surface area contributed by atoms with Crippen LogP contribution in [0.2, 0.25) is 0 Å². The summed E-state index contributed by atoms with van der Waals surface area (Å²) >= 11 is 0. The number of oxime groups is 1. The Morgan fingerprint density at radius 2 is 1.73 bits per heavy atom. The molecule has 0 aliphatic heterocycles. The lowest BCUT2D eigenvalue weighted by atomic mass is 9.44. The minimum atomic E-state index is 0.0928. The van der Waals surface area contributed by atoms with Gasteiger partial charge in [0.2, 0.25) is 0 Å². The largest absolute Gasteiger partial charge is 0.411 e. The molecule has 0 aromatic carbocycles. The minimum Gasteiger partial charge on any atom is -0.411 e. The predicted molar refractivity (Wildman–Crippen MR) is 123 cm³/mol. The van der Waals surface area contributed by atoms with E-state index in [2.05, 4.69) is 39.8 Å². The molecule has 1 N–H and O–H groups in total. The molecule has 4 aliphatic carbocycles. The summed E-state index contributed by atoms with van der Waals surface area (Å²) in [5.74, 6) is 5.53. The molecule has 0 radical (unpaired) electrons. The third kappa shape index (κ3) is 3.56. The van der Waals surface area contributed by atoms with E-state index in [0.29, 0.717) is 35.8 Å². The fourth-order valence-corrected chi connectivity index (χ4v) is 9.06. The van der Waals surface area contributed by atoms with Crippen LogP contribution < -0.4 is 0 Å². The number of hydrogen-bond donors (Lipinski definition) is 1. The lowest BCUT2D eigenvalue weighted by Gasteiger charge is -2.60. The topological polar surface area (TPSA) is 49.7 Å². The first-order valence-electron chi connectivity index (χ1n) is 12.9. The van der Waals surface area contributed by atoms with Crippen molar-refractivity contribution in [2.45, 2.75) is 105 Å². The van der Waals surface area contributed by atoms with Crippen LogP contribution in [0.4, 0.5) is 0 Å². The molecule has 0 aromatic rings. The van der Waals surface area contributed by atoms with E-state index in [9.17, 15) is 10.0 Å². The molecule has 8 atom stereocenters. The molecule has 4 rings (SSSR count). The van der Waals surface area contributed by atoms with E-state index >= 15 is 0 Å². The SMILES string of the molecule is CC(C)CCC[C@@H](C)[C@H]1CC[C@H]2[C@@H]3CC[C@H]4CC(=O)C(=NO)C[C@]4(C)[C@H]3CC[C@]12C. The summed E-state index contributed by atoms with van der Waals surface area (Å²) in [6.07, 6.45) is 13.5. The molecule has 30 heavy (non-hydrogen) atoms. The van der Waals surface area contributed by atoms with E-state index in [1.54, 1.807) is 0 Å². The third-order valence-electron chi connectivity index (χ3n) is 10.7. The van der Waals surface area contributed by atoms with Gasteiger partial charge in [-0.15, -0.1) is 0 Å². The fraction of sp³-hybridized carbons (Fsp3) is 0.926. The van der Waals surface area contributed by atoms with Crippen molar-refractivity contribution in [2.24, 2.45) is 57.4 Å². The lowest BCUT2D eigenvalue weighted by molar-refractivity contribution is -0.127. The highest BCUT2D eigenvalue weighted by molar-refractivity contribution is 6.40. The van der Waals surface area contributed by atoms with Gasteiger partial charge >= 0.3 is 0 Å². The summed E-state index contributed by atoms with van der Waals surface area (Å²) in [5.41, 5.74) is 1.12. The molecule has 3 nitrogen and oxygen atoms in total. The summed E-state index contributed by atoms with van der Waals surface area (Å²) in [5, 5.41) is 12.8. The maximum Gasteiger partial charge on any atom is 0.180 e. The standard InChI is InChI=1S/C27H45NO2/c1-17(2)7-6-8-18(3)21-11-12-22-20-10-9-19-15-25(29)24(28-30)16-27(19,5)23(20)13-14-26(21,22)4/h17-23,30H,6-16H2,1-5H3/t18-,19+,20+,21-,22+,23+,26-,27+/m1/s1. The van der Waals surface area contributed by atoms with E-state index < -0.39 is 0 Å². The lowest BCUT2D eigenvalue weighted by Crippen LogP contribution is -2.55. The van der Waals surface area contributed by atoms with Gasteiger partial charge in [0.05, 0.1) is 0 Å².